The molecule has 0 saturated heterocycles. The maximum absolute atomic E-state index is 12.7. The molecule has 2 aromatic rings. The smallest absolute Gasteiger partial charge is 0.416 e. The second-order valence-corrected chi connectivity index (χ2v) is 6.56. The van der Waals surface area contributed by atoms with Crippen molar-refractivity contribution in [2.24, 2.45) is 0 Å². The van der Waals surface area contributed by atoms with Gasteiger partial charge in [0, 0.05) is 0 Å². The summed E-state index contributed by atoms with van der Waals surface area (Å²) in [7, 11) is -2.66. The minimum absolute atomic E-state index is 0.133. The number of sulfonamides is 1. The Morgan fingerprint density at radius 2 is 1.70 bits per heavy atom. The van der Waals surface area contributed by atoms with Crippen LogP contribution in [-0.2, 0) is 16.2 Å². The number of benzene rings is 2. The third-order valence-corrected chi connectivity index (χ3v) is 4.62. The van der Waals surface area contributed by atoms with Crippen LogP contribution >= 0.6 is 11.6 Å². The number of alkyl halides is 3. The van der Waals surface area contributed by atoms with Crippen LogP contribution in [-0.4, -0.2) is 15.5 Å². The van der Waals surface area contributed by atoms with E-state index in [2.05, 4.69) is 4.72 Å². The lowest BCUT2D eigenvalue weighted by Crippen LogP contribution is -2.14. The summed E-state index contributed by atoms with van der Waals surface area (Å²) in [4.78, 5) is -0.133. The van der Waals surface area contributed by atoms with E-state index < -0.39 is 21.8 Å². The second kappa shape index (κ2) is 6.29. The van der Waals surface area contributed by atoms with Gasteiger partial charge in [0.15, 0.2) is 0 Å². The van der Waals surface area contributed by atoms with E-state index in [9.17, 15) is 21.6 Å². The third kappa shape index (κ3) is 4.08. The highest BCUT2D eigenvalue weighted by Gasteiger charge is 2.31. The molecule has 0 bridgehead atoms. The highest BCUT2D eigenvalue weighted by atomic mass is 35.5. The first kappa shape index (κ1) is 17.4. The Kier molecular flexibility index (Phi) is 4.76. The van der Waals surface area contributed by atoms with Gasteiger partial charge < -0.3 is 4.74 Å². The average molecular weight is 366 g/mol. The van der Waals surface area contributed by atoms with Gasteiger partial charge in [-0.25, -0.2) is 8.42 Å². The zero-order valence-electron chi connectivity index (χ0n) is 11.7. The molecule has 0 unspecified atom stereocenters. The molecule has 1 N–H and O–H groups in total. The number of hydrogen-bond donors (Lipinski definition) is 1. The molecule has 0 amide bonds. The largest absolute Gasteiger partial charge is 0.497 e. The second-order valence-electron chi connectivity index (χ2n) is 4.47. The molecule has 9 heteroatoms. The highest BCUT2D eigenvalue weighted by molar-refractivity contribution is 7.92. The molecule has 0 spiro atoms. The van der Waals surface area contributed by atoms with Gasteiger partial charge in [-0.3, -0.25) is 4.72 Å². The molecule has 0 atom stereocenters. The molecular weight excluding hydrogens is 355 g/mol. The van der Waals surface area contributed by atoms with Crippen LogP contribution in [0.5, 0.6) is 5.75 Å². The van der Waals surface area contributed by atoms with Gasteiger partial charge in [-0.1, -0.05) is 11.6 Å². The summed E-state index contributed by atoms with van der Waals surface area (Å²) in [5.41, 5.74) is -1.35. The highest BCUT2D eigenvalue weighted by Crippen LogP contribution is 2.34. The SMILES string of the molecule is COc1ccc(S(=O)(=O)Nc2cc(C(F)(F)F)ccc2Cl)cc1. The topological polar surface area (TPSA) is 55.4 Å². The van der Waals surface area contributed by atoms with E-state index in [0.29, 0.717) is 11.8 Å². The van der Waals surface area contributed by atoms with Crippen LogP contribution in [0.3, 0.4) is 0 Å². The van der Waals surface area contributed by atoms with Crippen molar-refractivity contribution in [3.05, 3.63) is 53.1 Å². The van der Waals surface area contributed by atoms with Gasteiger partial charge in [0.25, 0.3) is 10.0 Å². The maximum Gasteiger partial charge on any atom is 0.416 e. The quantitative estimate of drug-likeness (QED) is 0.884. The van der Waals surface area contributed by atoms with E-state index in [4.69, 9.17) is 16.3 Å². The molecule has 0 saturated carbocycles. The Hall–Kier alpha value is -1.93. The predicted octanol–water partition coefficient (Wildman–Crippen LogP) is 4.17. The van der Waals surface area contributed by atoms with Crippen molar-refractivity contribution in [1.29, 1.82) is 0 Å². The number of anilines is 1. The van der Waals surface area contributed by atoms with Crippen molar-refractivity contribution in [3.8, 4) is 5.75 Å². The molecule has 0 radical (unpaired) electrons. The van der Waals surface area contributed by atoms with Gasteiger partial charge in [0.1, 0.15) is 5.75 Å². The standard InChI is InChI=1S/C14H11ClF3NO3S/c1-22-10-3-5-11(6-4-10)23(20,21)19-13-8-9(14(16,17)18)2-7-12(13)15/h2-8,19H,1H3. The van der Waals surface area contributed by atoms with Gasteiger partial charge in [-0.05, 0) is 42.5 Å². The molecule has 0 aliphatic heterocycles. The van der Waals surface area contributed by atoms with E-state index >= 15 is 0 Å². The van der Waals surface area contributed by atoms with Gasteiger partial charge in [-0.2, -0.15) is 13.2 Å². The molecule has 124 valence electrons. The molecule has 2 rings (SSSR count). The molecule has 0 aromatic heterocycles. The van der Waals surface area contributed by atoms with E-state index in [1.54, 1.807) is 0 Å². The number of nitrogens with one attached hydrogen (secondary N) is 1. The molecule has 0 aliphatic rings. The normalized spacial score (nSPS) is 12.0. The van der Waals surface area contributed by atoms with Crippen LogP contribution in [0.4, 0.5) is 18.9 Å². The number of rotatable bonds is 4. The molecule has 0 aliphatic carbocycles. The first-order valence-corrected chi connectivity index (χ1v) is 8.03. The zero-order chi connectivity index (χ0) is 17.3. The fourth-order valence-corrected chi connectivity index (χ4v) is 3.03. The fourth-order valence-electron chi connectivity index (χ4n) is 1.74. The van der Waals surface area contributed by atoms with Crippen LogP contribution in [0.25, 0.3) is 0 Å². The summed E-state index contributed by atoms with van der Waals surface area (Å²) in [6, 6.07) is 7.77. The van der Waals surface area contributed by atoms with Crippen LogP contribution < -0.4 is 9.46 Å². The van der Waals surface area contributed by atoms with Gasteiger partial charge in [0.05, 0.1) is 28.3 Å². The monoisotopic (exact) mass is 365 g/mol. The van der Waals surface area contributed by atoms with E-state index in [-0.39, 0.29) is 15.6 Å². The van der Waals surface area contributed by atoms with Crippen LogP contribution in [0.15, 0.2) is 47.4 Å². The summed E-state index contributed by atoms with van der Waals surface area (Å²) >= 11 is 5.77. The lowest BCUT2D eigenvalue weighted by molar-refractivity contribution is -0.137. The summed E-state index contributed by atoms with van der Waals surface area (Å²) in [6.45, 7) is 0. The lowest BCUT2D eigenvalue weighted by Gasteiger charge is -2.13. The number of methoxy groups -OCH3 is 1. The number of halogens is 4. The van der Waals surface area contributed by atoms with Crippen molar-refractivity contribution in [1.82, 2.24) is 0 Å². The number of hydrogen-bond acceptors (Lipinski definition) is 3. The fraction of sp³-hybridized carbons (Fsp3) is 0.143. The minimum atomic E-state index is -4.61. The molecule has 0 heterocycles. The van der Waals surface area contributed by atoms with Crippen LogP contribution in [0, 0.1) is 0 Å². The molecular formula is C14H11ClF3NO3S. The van der Waals surface area contributed by atoms with Crippen molar-refractivity contribution < 1.29 is 26.3 Å². The maximum atomic E-state index is 12.7. The average Bonchev–Trinajstić information content (AvgIpc) is 2.48. The molecule has 4 nitrogen and oxygen atoms in total. The predicted molar refractivity (Wildman–Crippen MR) is 80.3 cm³/mol. The van der Waals surface area contributed by atoms with Crippen molar-refractivity contribution in [3.63, 3.8) is 0 Å². The zero-order valence-corrected chi connectivity index (χ0v) is 13.3. The van der Waals surface area contributed by atoms with Gasteiger partial charge in [-0.15, -0.1) is 0 Å². The minimum Gasteiger partial charge on any atom is -0.497 e. The summed E-state index contributed by atoms with van der Waals surface area (Å²) < 4.78 is 69.5. The Morgan fingerprint density at radius 1 is 1.09 bits per heavy atom. The van der Waals surface area contributed by atoms with E-state index in [1.807, 2.05) is 0 Å². The Bertz CT molecular complexity index is 805. The number of ether oxygens (including phenoxy) is 1. The van der Waals surface area contributed by atoms with Crippen molar-refractivity contribution >= 4 is 27.3 Å². The third-order valence-electron chi connectivity index (χ3n) is 2.91. The summed E-state index contributed by atoms with van der Waals surface area (Å²) in [5.74, 6) is 0.445. The van der Waals surface area contributed by atoms with E-state index in [1.165, 1.54) is 31.4 Å². The molecule has 0 fully saturated rings. The molecule has 23 heavy (non-hydrogen) atoms. The van der Waals surface area contributed by atoms with Crippen molar-refractivity contribution in [2.45, 2.75) is 11.1 Å². The Balaban J connectivity index is 2.36. The Labute approximate surface area is 135 Å². The van der Waals surface area contributed by atoms with Gasteiger partial charge in [0.2, 0.25) is 0 Å². The Morgan fingerprint density at radius 3 is 2.22 bits per heavy atom. The first-order valence-electron chi connectivity index (χ1n) is 6.17. The summed E-state index contributed by atoms with van der Waals surface area (Å²) in [5, 5.41) is -0.143. The van der Waals surface area contributed by atoms with E-state index in [0.717, 1.165) is 12.1 Å². The molecule has 2 aromatic carbocycles. The van der Waals surface area contributed by atoms with Gasteiger partial charge >= 0.3 is 6.18 Å². The lowest BCUT2D eigenvalue weighted by atomic mass is 10.2. The van der Waals surface area contributed by atoms with Crippen LogP contribution in [0.1, 0.15) is 5.56 Å². The van der Waals surface area contributed by atoms with Crippen LogP contribution in [0.2, 0.25) is 5.02 Å². The summed E-state index contributed by atoms with van der Waals surface area (Å²) in [6.07, 6.45) is -4.61. The van der Waals surface area contributed by atoms with Crippen molar-refractivity contribution in [2.75, 3.05) is 11.8 Å². The first-order chi connectivity index (χ1) is 10.6.